The molecule has 0 saturated heterocycles. The van der Waals surface area contributed by atoms with E-state index in [-0.39, 0.29) is 23.5 Å². The molecule has 0 aliphatic heterocycles. The van der Waals surface area contributed by atoms with Crippen LogP contribution in [-0.2, 0) is 21.4 Å². The number of benzene rings is 1. The molecular formula is C17H24N2O4S. The van der Waals surface area contributed by atoms with Crippen LogP contribution in [0.2, 0.25) is 0 Å². The molecule has 0 spiro atoms. The summed E-state index contributed by atoms with van der Waals surface area (Å²) in [5.41, 5.74) is 0.632. The molecule has 1 aromatic rings. The Balaban J connectivity index is 2.26. The van der Waals surface area contributed by atoms with Crippen LogP contribution in [-0.4, -0.2) is 27.5 Å². The normalized spacial score (nSPS) is 15.7. The van der Waals surface area contributed by atoms with E-state index in [0.717, 1.165) is 25.7 Å². The van der Waals surface area contributed by atoms with Gasteiger partial charge in [0.1, 0.15) is 5.75 Å². The maximum Gasteiger partial charge on any atom is 0.243 e. The van der Waals surface area contributed by atoms with Crippen LogP contribution in [0, 0.1) is 0 Å². The van der Waals surface area contributed by atoms with Crippen molar-refractivity contribution in [3.63, 3.8) is 0 Å². The second kappa shape index (κ2) is 8.30. The third kappa shape index (κ3) is 4.82. The fraction of sp³-hybridized carbons (Fsp3) is 0.471. The number of rotatable bonds is 7. The topological polar surface area (TPSA) is 84.5 Å². The Morgan fingerprint density at radius 1 is 1.33 bits per heavy atom. The minimum atomic E-state index is -3.55. The van der Waals surface area contributed by atoms with Gasteiger partial charge in [0.25, 0.3) is 0 Å². The minimum absolute atomic E-state index is 0.138. The fourth-order valence-electron chi connectivity index (χ4n) is 2.71. The summed E-state index contributed by atoms with van der Waals surface area (Å²) >= 11 is 0. The maximum atomic E-state index is 12.0. The van der Waals surface area contributed by atoms with Gasteiger partial charge in [-0.05, 0) is 57.0 Å². The van der Waals surface area contributed by atoms with E-state index in [9.17, 15) is 13.2 Å². The Morgan fingerprint density at radius 2 is 2.04 bits per heavy atom. The van der Waals surface area contributed by atoms with Gasteiger partial charge in [-0.3, -0.25) is 4.79 Å². The Labute approximate surface area is 143 Å². The van der Waals surface area contributed by atoms with Gasteiger partial charge in [0.05, 0.1) is 11.0 Å². The summed E-state index contributed by atoms with van der Waals surface area (Å²) in [5.74, 6) is 0.293. The zero-order valence-corrected chi connectivity index (χ0v) is 14.7. The summed E-state index contributed by atoms with van der Waals surface area (Å²) in [4.78, 5) is 11.6. The summed E-state index contributed by atoms with van der Waals surface area (Å²) < 4.78 is 32.3. The number of nitrogens with one attached hydrogen (secondary N) is 2. The summed E-state index contributed by atoms with van der Waals surface area (Å²) in [6.45, 7) is 3.59. The molecule has 0 bridgehead atoms. The molecule has 6 nitrogen and oxygen atoms in total. The van der Waals surface area contributed by atoms with E-state index in [1.807, 2.05) is 0 Å². The van der Waals surface area contributed by atoms with Gasteiger partial charge in [-0.15, -0.1) is 0 Å². The average molecular weight is 352 g/mol. The number of hydrogen-bond acceptors (Lipinski definition) is 4. The van der Waals surface area contributed by atoms with Gasteiger partial charge in [-0.1, -0.05) is 13.0 Å². The number of hydrogen-bond donors (Lipinski definition) is 2. The first-order valence-corrected chi connectivity index (χ1v) is 9.58. The van der Waals surface area contributed by atoms with Crippen LogP contribution in [0.25, 0.3) is 0 Å². The van der Waals surface area contributed by atoms with Gasteiger partial charge in [0.2, 0.25) is 15.9 Å². The van der Waals surface area contributed by atoms with E-state index < -0.39 is 10.0 Å². The summed E-state index contributed by atoms with van der Waals surface area (Å²) in [5, 5.41) is 2.67. The van der Waals surface area contributed by atoms with Gasteiger partial charge in [0.15, 0.2) is 0 Å². The molecule has 1 aromatic carbocycles. The lowest BCUT2D eigenvalue weighted by Gasteiger charge is -2.24. The molecule has 0 radical (unpaired) electrons. The molecule has 1 saturated carbocycles. The zero-order valence-electron chi connectivity index (χ0n) is 13.9. The molecule has 1 aliphatic rings. The molecule has 0 heterocycles. The number of carbonyl (C=O) groups is 1. The van der Waals surface area contributed by atoms with Gasteiger partial charge in [0, 0.05) is 12.1 Å². The first-order chi connectivity index (χ1) is 11.5. The molecule has 0 atom stereocenters. The molecule has 7 heteroatoms. The van der Waals surface area contributed by atoms with Crippen molar-refractivity contribution in [2.75, 3.05) is 7.05 Å². The third-order valence-electron chi connectivity index (χ3n) is 4.10. The minimum Gasteiger partial charge on any atom is -0.490 e. The van der Waals surface area contributed by atoms with Crippen molar-refractivity contribution < 1.29 is 17.9 Å². The van der Waals surface area contributed by atoms with Crippen LogP contribution in [0.1, 0.15) is 37.7 Å². The second-order valence-electron chi connectivity index (χ2n) is 5.78. The smallest absolute Gasteiger partial charge is 0.243 e. The van der Waals surface area contributed by atoms with Gasteiger partial charge in [-0.2, -0.15) is 0 Å². The van der Waals surface area contributed by atoms with Crippen LogP contribution < -0.4 is 14.8 Å². The van der Waals surface area contributed by atoms with Crippen LogP contribution in [0.15, 0.2) is 35.7 Å². The maximum absolute atomic E-state index is 12.0. The summed E-state index contributed by atoms with van der Waals surface area (Å²) in [7, 11) is -2.19. The van der Waals surface area contributed by atoms with Crippen molar-refractivity contribution >= 4 is 15.9 Å². The van der Waals surface area contributed by atoms with E-state index in [4.69, 9.17) is 4.74 Å². The average Bonchev–Trinajstić information content (AvgIpc) is 2.61. The molecule has 24 heavy (non-hydrogen) atoms. The highest BCUT2D eigenvalue weighted by atomic mass is 32.2. The monoisotopic (exact) mass is 352 g/mol. The Bertz CT molecular complexity index is 695. The van der Waals surface area contributed by atoms with Gasteiger partial charge < -0.3 is 10.1 Å². The molecule has 0 aromatic heterocycles. The van der Waals surface area contributed by atoms with Crippen molar-refractivity contribution in [1.29, 1.82) is 0 Å². The van der Waals surface area contributed by atoms with Gasteiger partial charge in [-0.25, -0.2) is 13.1 Å². The van der Waals surface area contributed by atoms with E-state index in [1.165, 1.54) is 31.7 Å². The predicted octanol–water partition coefficient (Wildman–Crippen LogP) is 2.11. The lowest BCUT2D eigenvalue weighted by Crippen LogP contribution is -2.24. The second-order valence-corrected chi connectivity index (χ2v) is 7.66. The molecule has 2 N–H and O–H groups in total. The molecule has 0 unspecified atom stereocenters. The molecule has 1 fully saturated rings. The number of ether oxygens (including phenoxy) is 1. The molecule has 132 valence electrons. The van der Waals surface area contributed by atoms with Crippen molar-refractivity contribution in [3.8, 4) is 5.75 Å². The van der Waals surface area contributed by atoms with Crippen molar-refractivity contribution in [2.45, 2.75) is 49.6 Å². The zero-order chi connectivity index (χ0) is 17.6. The predicted molar refractivity (Wildman–Crippen MR) is 92.2 cm³/mol. The first kappa shape index (κ1) is 18.5. The number of carbonyl (C=O) groups excluding carboxylic acids is 1. The standard InChI is InChI=1S/C17H24N2O4S/c1-3-17(20)19-12-13-11-15(24(21,22)18-2)9-10-16(13)23-14-7-5-4-6-8-14/h3,9-11,14,18H,1,4-8,12H2,2H3,(H,19,20). The van der Waals surface area contributed by atoms with Crippen LogP contribution in [0.5, 0.6) is 5.75 Å². The Hall–Kier alpha value is -1.86. The van der Waals surface area contributed by atoms with E-state index in [2.05, 4.69) is 16.6 Å². The molecule has 1 amide bonds. The van der Waals surface area contributed by atoms with E-state index in [1.54, 1.807) is 6.07 Å². The van der Waals surface area contributed by atoms with Crippen LogP contribution >= 0.6 is 0 Å². The highest BCUT2D eigenvalue weighted by molar-refractivity contribution is 7.89. The van der Waals surface area contributed by atoms with E-state index >= 15 is 0 Å². The highest BCUT2D eigenvalue weighted by Crippen LogP contribution is 2.28. The van der Waals surface area contributed by atoms with Gasteiger partial charge >= 0.3 is 0 Å². The molecule has 2 rings (SSSR count). The van der Waals surface area contributed by atoms with Crippen molar-refractivity contribution in [3.05, 3.63) is 36.4 Å². The number of sulfonamides is 1. The first-order valence-electron chi connectivity index (χ1n) is 8.09. The largest absolute Gasteiger partial charge is 0.490 e. The molecule has 1 aliphatic carbocycles. The Morgan fingerprint density at radius 3 is 2.67 bits per heavy atom. The molecular weight excluding hydrogens is 328 g/mol. The van der Waals surface area contributed by atoms with Crippen molar-refractivity contribution in [2.24, 2.45) is 0 Å². The fourth-order valence-corrected chi connectivity index (χ4v) is 3.49. The number of amides is 1. The highest BCUT2D eigenvalue weighted by Gasteiger charge is 2.19. The third-order valence-corrected chi connectivity index (χ3v) is 5.51. The SMILES string of the molecule is C=CC(=O)NCc1cc(S(=O)(=O)NC)ccc1OC1CCCCC1. The lowest BCUT2D eigenvalue weighted by atomic mass is 9.97. The lowest BCUT2D eigenvalue weighted by molar-refractivity contribution is -0.116. The van der Waals surface area contributed by atoms with Crippen LogP contribution in [0.4, 0.5) is 0 Å². The van der Waals surface area contributed by atoms with Crippen LogP contribution in [0.3, 0.4) is 0 Å². The quantitative estimate of drug-likeness (QED) is 0.736. The summed E-state index contributed by atoms with van der Waals surface area (Å²) in [6, 6.07) is 4.71. The van der Waals surface area contributed by atoms with E-state index in [0.29, 0.717) is 11.3 Å². The van der Waals surface area contributed by atoms with Crippen molar-refractivity contribution in [1.82, 2.24) is 10.0 Å². The summed E-state index contributed by atoms with van der Waals surface area (Å²) in [6.07, 6.45) is 6.81. The Kier molecular flexibility index (Phi) is 6.39.